The minimum Gasteiger partial charge on any atom is -0.462 e. The molecule has 0 aliphatic carbocycles. The van der Waals surface area contributed by atoms with Gasteiger partial charge in [-0.2, -0.15) is 0 Å². The molecule has 4 nitrogen and oxygen atoms in total. The van der Waals surface area contributed by atoms with E-state index in [1.807, 2.05) is 37.3 Å². The van der Waals surface area contributed by atoms with E-state index < -0.39 is 0 Å². The highest BCUT2D eigenvalue weighted by Gasteiger charge is 1.98. The van der Waals surface area contributed by atoms with Crippen molar-refractivity contribution in [1.82, 2.24) is 10.3 Å². The number of aryl methyl sites for hydroxylation is 1. The Labute approximate surface area is 105 Å². The van der Waals surface area contributed by atoms with Crippen LogP contribution in [0.3, 0.4) is 0 Å². The summed E-state index contributed by atoms with van der Waals surface area (Å²) in [5.74, 6) is 1.32. The number of furan rings is 1. The van der Waals surface area contributed by atoms with Gasteiger partial charge in [0.15, 0.2) is 0 Å². The summed E-state index contributed by atoms with van der Waals surface area (Å²) in [6.45, 7) is 2.28. The lowest BCUT2D eigenvalue weighted by atomic mass is 10.3. The molecule has 0 aliphatic rings. The van der Waals surface area contributed by atoms with Gasteiger partial charge in [0.2, 0.25) is 5.91 Å². The summed E-state index contributed by atoms with van der Waals surface area (Å²) < 4.78 is 5.32. The van der Waals surface area contributed by atoms with E-state index in [4.69, 9.17) is 4.42 Å². The fourth-order valence-electron chi connectivity index (χ4n) is 1.44. The van der Waals surface area contributed by atoms with Crippen molar-refractivity contribution >= 4 is 12.0 Å². The molecule has 1 amide bonds. The van der Waals surface area contributed by atoms with Crippen LogP contribution in [0.25, 0.3) is 6.08 Å². The number of nitrogens with one attached hydrogen (secondary N) is 1. The highest BCUT2D eigenvalue weighted by Crippen LogP contribution is 2.07. The summed E-state index contributed by atoms with van der Waals surface area (Å²) in [4.78, 5) is 15.6. The number of aromatic nitrogens is 1. The third-order valence-electron chi connectivity index (χ3n) is 2.33. The third-order valence-corrected chi connectivity index (χ3v) is 2.33. The van der Waals surface area contributed by atoms with E-state index in [1.165, 1.54) is 6.08 Å². The SMILES string of the molecule is Cc1ccc(C=CC(=O)NCc2ccccn2)o1. The van der Waals surface area contributed by atoms with Gasteiger partial charge in [-0.3, -0.25) is 9.78 Å². The Morgan fingerprint density at radius 1 is 1.39 bits per heavy atom. The number of carbonyl (C=O) groups is 1. The predicted octanol–water partition coefficient (Wildman–Crippen LogP) is 2.31. The molecule has 0 saturated carbocycles. The van der Waals surface area contributed by atoms with Gasteiger partial charge in [-0.05, 0) is 37.3 Å². The highest BCUT2D eigenvalue weighted by atomic mass is 16.3. The monoisotopic (exact) mass is 242 g/mol. The van der Waals surface area contributed by atoms with Crippen LogP contribution in [0, 0.1) is 6.92 Å². The van der Waals surface area contributed by atoms with Crippen LogP contribution in [0.5, 0.6) is 0 Å². The Bertz CT molecular complexity index is 544. The second kappa shape index (κ2) is 5.82. The first-order valence-electron chi connectivity index (χ1n) is 5.66. The van der Waals surface area contributed by atoms with Crippen molar-refractivity contribution in [1.29, 1.82) is 0 Å². The zero-order valence-electron chi connectivity index (χ0n) is 10.1. The second-order valence-corrected chi connectivity index (χ2v) is 3.82. The van der Waals surface area contributed by atoms with E-state index in [0.29, 0.717) is 12.3 Å². The molecule has 92 valence electrons. The zero-order chi connectivity index (χ0) is 12.8. The Morgan fingerprint density at radius 2 is 2.28 bits per heavy atom. The topological polar surface area (TPSA) is 55.1 Å². The largest absolute Gasteiger partial charge is 0.462 e. The second-order valence-electron chi connectivity index (χ2n) is 3.82. The molecule has 2 aromatic rings. The smallest absolute Gasteiger partial charge is 0.244 e. The molecule has 0 radical (unpaired) electrons. The number of hydrogen-bond acceptors (Lipinski definition) is 3. The van der Waals surface area contributed by atoms with Gasteiger partial charge in [-0.25, -0.2) is 0 Å². The van der Waals surface area contributed by atoms with Crippen molar-refractivity contribution in [3.63, 3.8) is 0 Å². The Kier molecular flexibility index (Phi) is 3.91. The van der Waals surface area contributed by atoms with Crippen molar-refractivity contribution in [2.75, 3.05) is 0 Å². The molecular weight excluding hydrogens is 228 g/mol. The van der Waals surface area contributed by atoms with Gasteiger partial charge in [0.25, 0.3) is 0 Å². The Hall–Kier alpha value is -2.36. The number of nitrogens with zero attached hydrogens (tertiary/aromatic N) is 1. The van der Waals surface area contributed by atoms with Gasteiger partial charge in [-0.1, -0.05) is 6.07 Å². The number of carbonyl (C=O) groups excluding carboxylic acids is 1. The molecule has 0 saturated heterocycles. The normalized spacial score (nSPS) is 10.7. The first kappa shape index (κ1) is 12.1. The fourth-order valence-corrected chi connectivity index (χ4v) is 1.44. The summed E-state index contributed by atoms with van der Waals surface area (Å²) in [7, 11) is 0. The molecule has 0 fully saturated rings. The highest BCUT2D eigenvalue weighted by molar-refractivity contribution is 5.91. The van der Waals surface area contributed by atoms with Crippen LogP contribution in [-0.2, 0) is 11.3 Å². The minimum absolute atomic E-state index is 0.172. The van der Waals surface area contributed by atoms with Crippen LogP contribution in [0.2, 0.25) is 0 Å². The van der Waals surface area contributed by atoms with Gasteiger partial charge >= 0.3 is 0 Å². The number of pyridine rings is 1. The lowest BCUT2D eigenvalue weighted by molar-refractivity contribution is -0.116. The maximum atomic E-state index is 11.5. The summed E-state index contributed by atoms with van der Waals surface area (Å²) in [5, 5.41) is 2.75. The molecule has 2 heterocycles. The van der Waals surface area contributed by atoms with Gasteiger partial charge in [0.1, 0.15) is 11.5 Å². The molecule has 0 bridgehead atoms. The summed E-state index contributed by atoms with van der Waals surface area (Å²) in [6.07, 6.45) is 4.78. The van der Waals surface area contributed by atoms with E-state index in [9.17, 15) is 4.79 Å². The summed E-state index contributed by atoms with van der Waals surface area (Å²) >= 11 is 0. The quantitative estimate of drug-likeness (QED) is 0.837. The van der Waals surface area contributed by atoms with E-state index >= 15 is 0 Å². The lowest BCUT2D eigenvalue weighted by Crippen LogP contribution is -2.20. The van der Waals surface area contributed by atoms with E-state index in [1.54, 1.807) is 12.3 Å². The van der Waals surface area contributed by atoms with Gasteiger partial charge in [-0.15, -0.1) is 0 Å². The van der Waals surface area contributed by atoms with Gasteiger partial charge < -0.3 is 9.73 Å². The molecule has 1 N–H and O–H groups in total. The van der Waals surface area contributed by atoms with E-state index in [-0.39, 0.29) is 5.91 Å². The predicted molar refractivity (Wildman–Crippen MR) is 68.6 cm³/mol. The van der Waals surface area contributed by atoms with E-state index in [2.05, 4.69) is 10.3 Å². The zero-order valence-corrected chi connectivity index (χ0v) is 10.1. The molecule has 0 aromatic carbocycles. The first-order chi connectivity index (χ1) is 8.74. The van der Waals surface area contributed by atoms with Crippen molar-refractivity contribution in [2.45, 2.75) is 13.5 Å². The molecule has 0 unspecified atom stereocenters. The summed E-state index contributed by atoms with van der Waals surface area (Å²) in [6, 6.07) is 9.25. The Morgan fingerprint density at radius 3 is 2.94 bits per heavy atom. The molecule has 2 rings (SSSR count). The summed E-state index contributed by atoms with van der Waals surface area (Å²) in [5.41, 5.74) is 0.827. The average Bonchev–Trinajstić information content (AvgIpc) is 2.81. The number of amides is 1. The van der Waals surface area contributed by atoms with E-state index in [0.717, 1.165) is 11.5 Å². The first-order valence-corrected chi connectivity index (χ1v) is 5.66. The molecule has 0 spiro atoms. The van der Waals surface area contributed by atoms with Crippen LogP contribution in [0.15, 0.2) is 47.0 Å². The fraction of sp³-hybridized carbons (Fsp3) is 0.143. The van der Waals surface area contributed by atoms with Crippen molar-refractivity contribution in [2.24, 2.45) is 0 Å². The van der Waals surface area contributed by atoms with Gasteiger partial charge in [0, 0.05) is 12.3 Å². The van der Waals surface area contributed by atoms with Crippen LogP contribution < -0.4 is 5.32 Å². The number of hydrogen-bond donors (Lipinski definition) is 1. The maximum absolute atomic E-state index is 11.5. The van der Waals surface area contributed by atoms with Crippen molar-refractivity contribution in [3.8, 4) is 0 Å². The number of rotatable bonds is 4. The molecule has 4 heteroatoms. The van der Waals surface area contributed by atoms with Crippen LogP contribution >= 0.6 is 0 Å². The third kappa shape index (κ3) is 3.59. The Balaban J connectivity index is 1.84. The molecule has 0 atom stereocenters. The molecule has 18 heavy (non-hydrogen) atoms. The van der Waals surface area contributed by atoms with Crippen molar-refractivity contribution < 1.29 is 9.21 Å². The van der Waals surface area contributed by atoms with Crippen LogP contribution in [0.1, 0.15) is 17.2 Å². The lowest BCUT2D eigenvalue weighted by Gasteiger charge is -2.00. The molecular formula is C14H14N2O2. The average molecular weight is 242 g/mol. The molecule has 2 aromatic heterocycles. The maximum Gasteiger partial charge on any atom is 0.244 e. The molecule has 0 aliphatic heterocycles. The standard InChI is InChI=1S/C14H14N2O2/c1-11-5-6-13(18-11)7-8-14(17)16-10-12-4-2-3-9-15-12/h2-9H,10H2,1H3,(H,16,17). The van der Waals surface area contributed by atoms with Crippen LogP contribution in [-0.4, -0.2) is 10.9 Å². The van der Waals surface area contributed by atoms with Gasteiger partial charge in [0.05, 0.1) is 12.2 Å². The van der Waals surface area contributed by atoms with Crippen LogP contribution in [0.4, 0.5) is 0 Å². The minimum atomic E-state index is -0.172. The van der Waals surface area contributed by atoms with Crippen molar-refractivity contribution in [3.05, 3.63) is 59.8 Å².